The smallest absolute Gasteiger partial charge is 0.138 e. The average molecular weight is 617 g/mol. The number of aromatic nitrogens is 5. The highest BCUT2D eigenvalue weighted by Crippen LogP contribution is 2.36. The van der Waals surface area contributed by atoms with E-state index in [4.69, 9.17) is 9.47 Å². The number of nitrogens with zero attached hydrogens (tertiary/aromatic N) is 4. The first kappa shape index (κ1) is 28.7. The molecule has 1 saturated heterocycles. The summed E-state index contributed by atoms with van der Waals surface area (Å²) in [4.78, 5) is 14.8. The molecule has 4 aromatic heterocycles. The van der Waals surface area contributed by atoms with Crippen LogP contribution in [0.3, 0.4) is 0 Å². The third kappa shape index (κ3) is 5.95. The van der Waals surface area contributed by atoms with Gasteiger partial charge in [-0.1, -0.05) is 12.5 Å². The Morgan fingerprint density at radius 2 is 1.61 bits per heavy atom. The first-order valence-corrected chi connectivity index (χ1v) is 16.4. The number of ether oxygens (including phenoxy) is 2. The van der Waals surface area contributed by atoms with Gasteiger partial charge in [-0.15, -0.1) is 0 Å². The topological polar surface area (TPSA) is 92.0 Å². The minimum atomic E-state index is -0.338. The molecule has 2 fully saturated rings. The average Bonchev–Trinajstić information content (AvgIpc) is 3.85. The molecule has 6 aromatic rings. The molecule has 1 aliphatic carbocycles. The van der Waals surface area contributed by atoms with Crippen LogP contribution in [0.1, 0.15) is 44.9 Å². The summed E-state index contributed by atoms with van der Waals surface area (Å²) < 4.78 is 27.1. The highest BCUT2D eigenvalue weighted by Gasteiger charge is 2.18. The van der Waals surface area contributed by atoms with Gasteiger partial charge < -0.3 is 14.5 Å². The summed E-state index contributed by atoms with van der Waals surface area (Å²) in [6, 6.07) is 15.3. The van der Waals surface area contributed by atoms with Crippen LogP contribution in [-0.4, -0.2) is 62.4 Å². The van der Waals surface area contributed by atoms with Crippen LogP contribution >= 0.6 is 0 Å². The second-order valence-electron chi connectivity index (χ2n) is 12.5. The molecule has 9 heteroatoms. The van der Waals surface area contributed by atoms with Gasteiger partial charge in [-0.3, -0.25) is 20.0 Å². The second kappa shape index (κ2) is 12.6. The van der Waals surface area contributed by atoms with Crippen molar-refractivity contribution in [2.45, 2.75) is 51.0 Å². The molecule has 234 valence electrons. The van der Waals surface area contributed by atoms with Crippen molar-refractivity contribution in [3.63, 3.8) is 0 Å². The van der Waals surface area contributed by atoms with E-state index in [1.54, 1.807) is 18.6 Å². The molecule has 0 unspecified atom stereocenters. The van der Waals surface area contributed by atoms with Crippen LogP contribution in [0.4, 0.5) is 4.39 Å². The molecule has 0 atom stereocenters. The summed E-state index contributed by atoms with van der Waals surface area (Å²) in [5, 5.41) is 9.78. The van der Waals surface area contributed by atoms with Crippen LogP contribution in [-0.2, 0) is 0 Å². The van der Waals surface area contributed by atoms with E-state index in [-0.39, 0.29) is 11.9 Å². The highest BCUT2D eigenvalue weighted by atomic mass is 19.1. The molecule has 46 heavy (non-hydrogen) atoms. The standard InChI is InChI=1S/C37H37FN6O2/c38-27-14-25(15-29(18-27)45-13-12-44-10-4-5-11-44)33-22-40-23-36-31(33)19-35(41-36)37-32-17-24(8-9-34(32)42-43-37)26-16-30(21-39-20-26)46-28-6-2-1-3-7-28/h8-9,14-23,28,41H,1-7,10-13H2,(H,42,43). The van der Waals surface area contributed by atoms with Gasteiger partial charge in [0.05, 0.1) is 35.2 Å². The summed E-state index contributed by atoms with van der Waals surface area (Å²) in [6.45, 7) is 3.59. The highest BCUT2D eigenvalue weighted by molar-refractivity contribution is 6.01. The van der Waals surface area contributed by atoms with E-state index in [0.29, 0.717) is 12.4 Å². The fraction of sp³-hybridized carbons (Fsp3) is 0.324. The lowest BCUT2D eigenvalue weighted by molar-refractivity contribution is 0.154. The van der Waals surface area contributed by atoms with Crippen LogP contribution < -0.4 is 9.47 Å². The lowest BCUT2D eigenvalue weighted by atomic mass is 9.98. The molecule has 0 bridgehead atoms. The van der Waals surface area contributed by atoms with Crippen molar-refractivity contribution in [3.8, 4) is 45.1 Å². The Bertz CT molecular complexity index is 1990. The van der Waals surface area contributed by atoms with Crippen molar-refractivity contribution < 1.29 is 13.9 Å². The van der Waals surface area contributed by atoms with Gasteiger partial charge in [0, 0.05) is 46.9 Å². The SMILES string of the molecule is Fc1cc(OCCN2CCCC2)cc(-c2cncc3[nH]c(-c4n[nH]c5ccc(-c6cncc(OC7CCCCC7)c6)cc45)cc23)c1. The van der Waals surface area contributed by atoms with Crippen LogP contribution in [0.2, 0.25) is 0 Å². The van der Waals surface area contributed by atoms with Crippen LogP contribution in [0.5, 0.6) is 11.5 Å². The van der Waals surface area contributed by atoms with Crippen molar-refractivity contribution >= 4 is 21.8 Å². The molecule has 2 N–H and O–H groups in total. The maximum absolute atomic E-state index is 14.8. The first-order chi connectivity index (χ1) is 22.7. The Morgan fingerprint density at radius 3 is 2.50 bits per heavy atom. The van der Waals surface area contributed by atoms with Crippen LogP contribution in [0, 0.1) is 5.82 Å². The molecule has 2 aliphatic rings. The van der Waals surface area contributed by atoms with E-state index in [1.165, 1.54) is 44.2 Å². The molecular formula is C37H37FN6O2. The number of hydrogen-bond donors (Lipinski definition) is 2. The molecule has 1 aliphatic heterocycles. The van der Waals surface area contributed by atoms with Crippen molar-refractivity contribution in [2.75, 3.05) is 26.2 Å². The van der Waals surface area contributed by atoms with Crippen molar-refractivity contribution in [1.82, 2.24) is 30.0 Å². The van der Waals surface area contributed by atoms with Crippen molar-refractivity contribution in [3.05, 3.63) is 79.1 Å². The number of halogens is 1. The Kier molecular flexibility index (Phi) is 7.83. The maximum atomic E-state index is 14.8. The maximum Gasteiger partial charge on any atom is 0.138 e. The number of nitrogens with one attached hydrogen (secondary N) is 2. The Balaban J connectivity index is 1.08. The van der Waals surface area contributed by atoms with Crippen LogP contribution in [0.25, 0.3) is 55.4 Å². The van der Waals surface area contributed by atoms with E-state index < -0.39 is 0 Å². The molecule has 1 saturated carbocycles. The van der Waals surface area contributed by atoms with E-state index in [2.05, 4.69) is 54.3 Å². The van der Waals surface area contributed by atoms with Gasteiger partial charge >= 0.3 is 0 Å². The summed E-state index contributed by atoms with van der Waals surface area (Å²) in [5.41, 5.74) is 6.99. The molecule has 8 rings (SSSR count). The van der Waals surface area contributed by atoms with Gasteiger partial charge in [-0.05, 0) is 99.1 Å². The third-order valence-corrected chi connectivity index (χ3v) is 9.32. The number of likely N-dealkylation sites (tertiary alicyclic amines) is 1. The quantitative estimate of drug-likeness (QED) is 0.170. The zero-order chi connectivity index (χ0) is 30.9. The second-order valence-corrected chi connectivity index (χ2v) is 12.5. The number of hydrogen-bond acceptors (Lipinski definition) is 6. The molecule has 0 spiro atoms. The molecule has 0 amide bonds. The fourth-order valence-corrected chi connectivity index (χ4v) is 6.92. The Hall–Kier alpha value is -4.76. The predicted octanol–water partition coefficient (Wildman–Crippen LogP) is 8.16. The summed E-state index contributed by atoms with van der Waals surface area (Å²) in [5.74, 6) is 0.996. The van der Waals surface area contributed by atoms with E-state index in [0.717, 1.165) is 93.7 Å². The number of H-pyrrole nitrogens is 2. The number of fused-ring (bicyclic) bond motifs is 2. The molecule has 0 radical (unpaired) electrons. The lowest BCUT2D eigenvalue weighted by Gasteiger charge is -2.23. The lowest BCUT2D eigenvalue weighted by Crippen LogP contribution is -2.25. The monoisotopic (exact) mass is 616 g/mol. The van der Waals surface area contributed by atoms with Crippen molar-refractivity contribution in [2.24, 2.45) is 0 Å². The van der Waals surface area contributed by atoms with Gasteiger partial charge in [0.15, 0.2) is 0 Å². The van der Waals surface area contributed by atoms with Gasteiger partial charge in [-0.2, -0.15) is 5.10 Å². The third-order valence-electron chi connectivity index (χ3n) is 9.32. The number of rotatable bonds is 9. The fourth-order valence-electron chi connectivity index (χ4n) is 6.92. The van der Waals surface area contributed by atoms with Gasteiger partial charge in [0.2, 0.25) is 0 Å². The number of aromatic amines is 2. The molecule has 8 nitrogen and oxygen atoms in total. The summed E-state index contributed by atoms with van der Waals surface area (Å²) in [6.07, 6.45) is 15.9. The summed E-state index contributed by atoms with van der Waals surface area (Å²) in [7, 11) is 0. The van der Waals surface area contributed by atoms with Gasteiger partial charge in [-0.25, -0.2) is 4.39 Å². The molecular weight excluding hydrogens is 579 g/mol. The normalized spacial score (nSPS) is 16.0. The van der Waals surface area contributed by atoms with Crippen molar-refractivity contribution in [1.29, 1.82) is 0 Å². The van der Waals surface area contributed by atoms with E-state index >= 15 is 0 Å². The molecule has 2 aromatic carbocycles. The number of pyridine rings is 2. The van der Waals surface area contributed by atoms with Gasteiger partial charge in [0.1, 0.15) is 29.6 Å². The summed E-state index contributed by atoms with van der Waals surface area (Å²) >= 11 is 0. The van der Waals surface area contributed by atoms with Gasteiger partial charge in [0.25, 0.3) is 0 Å². The Morgan fingerprint density at radius 1 is 0.761 bits per heavy atom. The van der Waals surface area contributed by atoms with E-state index in [1.807, 2.05) is 18.3 Å². The Labute approximate surface area is 267 Å². The first-order valence-electron chi connectivity index (χ1n) is 16.4. The largest absolute Gasteiger partial charge is 0.492 e. The zero-order valence-electron chi connectivity index (χ0n) is 25.8. The number of benzene rings is 2. The predicted molar refractivity (Wildman–Crippen MR) is 178 cm³/mol. The minimum absolute atomic E-state index is 0.265. The van der Waals surface area contributed by atoms with Crippen LogP contribution in [0.15, 0.2) is 73.3 Å². The zero-order valence-corrected chi connectivity index (χ0v) is 25.8. The minimum Gasteiger partial charge on any atom is -0.492 e. The molecule has 5 heterocycles. The van der Waals surface area contributed by atoms with E-state index in [9.17, 15) is 4.39 Å².